The van der Waals surface area contributed by atoms with Gasteiger partial charge in [0, 0.05) is 13.2 Å². The molecular weight excluding hydrogens is 280 g/mol. The molecule has 0 aliphatic carbocycles. The molecule has 1 amide bonds. The number of unbranched alkanes of at least 4 members (excludes halogenated alkanes) is 2. The lowest BCUT2D eigenvalue weighted by molar-refractivity contribution is -0.136. The van der Waals surface area contributed by atoms with Crippen molar-refractivity contribution in [1.29, 1.82) is 0 Å². The standard InChI is InChI=1S/C17H28N2O3/c1-5-7-11-17(3,21-4)16(20)19-14-9-10-15(18-13-14)22-12-8-6-2/h9-10,13H,5-8,11-12H2,1-4H3,(H,19,20)/t17-/m1/s1. The molecule has 0 unspecified atom stereocenters. The number of rotatable bonds is 10. The van der Waals surface area contributed by atoms with Crippen molar-refractivity contribution in [3.8, 4) is 5.88 Å². The van der Waals surface area contributed by atoms with Crippen molar-refractivity contribution < 1.29 is 14.3 Å². The summed E-state index contributed by atoms with van der Waals surface area (Å²) < 4.78 is 10.9. The maximum atomic E-state index is 12.4. The molecule has 1 N–H and O–H groups in total. The fourth-order valence-electron chi connectivity index (χ4n) is 1.95. The van der Waals surface area contributed by atoms with Crippen molar-refractivity contribution in [2.45, 2.75) is 58.5 Å². The van der Waals surface area contributed by atoms with Crippen LogP contribution in [0.2, 0.25) is 0 Å². The van der Waals surface area contributed by atoms with Crippen LogP contribution in [0.4, 0.5) is 5.69 Å². The number of carbonyl (C=O) groups excluding carboxylic acids is 1. The first-order chi connectivity index (χ1) is 10.6. The highest BCUT2D eigenvalue weighted by Gasteiger charge is 2.32. The Labute approximate surface area is 133 Å². The summed E-state index contributed by atoms with van der Waals surface area (Å²) in [5.41, 5.74) is -0.167. The average molecular weight is 308 g/mol. The molecule has 5 nitrogen and oxygen atoms in total. The number of hydrogen-bond acceptors (Lipinski definition) is 4. The third kappa shape index (κ3) is 5.64. The fourth-order valence-corrected chi connectivity index (χ4v) is 1.95. The van der Waals surface area contributed by atoms with E-state index in [1.807, 2.05) is 6.92 Å². The van der Waals surface area contributed by atoms with E-state index in [2.05, 4.69) is 24.1 Å². The lowest BCUT2D eigenvalue weighted by atomic mass is 9.97. The molecule has 0 aliphatic rings. The quantitative estimate of drug-likeness (QED) is 0.668. The number of hydrogen-bond donors (Lipinski definition) is 1. The van der Waals surface area contributed by atoms with E-state index in [4.69, 9.17) is 9.47 Å². The van der Waals surface area contributed by atoms with E-state index < -0.39 is 5.60 Å². The number of aromatic nitrogens is 1. The van der Waals surface area contributed by atoms with Gasteiger partial charge in [-0.15, -0.1) is 0 Å². The first-order valence-corrected chi connectivity index (χ1v) is 8.01. The average Bonchev–Trinajstić information content (AvgIpc) is 2.54. The van der Waals surface area contributed by atoms with Gasteiger partial charge < -0.3 is 14.8 Å². The zero-order chi connectivity index (χ0) is 16.4. The van der Waals surface area contributed by atoms with Crippen LogP contribution >= 0.6 is 0 Å². The molecule has 0 spiro atoms. The topological polar surface area (TPSA) is 60.5 Å². The number of ether oxygens (including phenoxy) is 2. The van der Waals surface area contributed by atoms with Crippen LogP contribution in [-0.4, -0.2) is 30.2 Å². The highest BCUT2D eigenvalue weighted by atomic mass is 16.5. The van der Waals surface area contributed by atoms with Crippen molar-refractivity contribution in [2.75, 3.05) is 19.0 Å². The molecule has 0 radical (unpaired) electrons. The second kappa shape index (κ2) is 9.41. The second-order valence-corrected chi connectivity index (χ2v) is 5.58. The van der Waals surface area contributed by atoms with Gasteiger partial charge in [-0.05, 0) is 25.8 Å². The smallest absolute Gasteiger partial charge is 0.256 e. The summed E-state index contributed by atoms with van der Waals surface area (Å²) in [6, 6.07) is 3.56. The summed E-state index contributed by atoms with van der Waals surface area (Å²) in [5, 5.41) is 2.85. The number of pyridine rings is 1. The molecule has 1 rings (SSSR count). The van der Waals surface area contributed by atoms with Gasteiger partial charge in [0.05, 0.1) is 18.5 Å². The van der Waals surface area contributed by atoms with Crippen LogP contribution in [0.15, 0.2) is 18.3 Å². The minimum atomic E-state index is -0.813. The minimum Gasteiger partial charge on any atom is -0.478 e. The van der Waals surface area contributed by atoms with Crippen molar-refractivity contribution in [3.05, 3.63) is 18.3 Å². The van der Waals surface area contributed by atoms with Crippen LogP contribution < -0.4 is 10.1 Å². The SMILES string of the molecule is CCCCOc1ccc(NC(=O)[C@@](C)(CCCC)OC)cn1. The summed E-state index contributed by atoms with van der Waals surface area (Å²) in [6.45, 7) is 6.68. The van der Waals surface area contributed by atoms with Gasteiger partial charge in [-0.25, -0.2) is 4.98 Å². The van der Waals surface area contributed by atoms with Crippen LogP contribution in [-0.2, 0) is 9.53 Å². The van der Waals surface area contributed by atoms with Crippen molar-refractivity contribution in [2.24, 2.45) is 0 Å². The van der Waals surface area contributed by atoms with E-state index in [1.54, 1.807) is 25.4 Å². The lowest BCUT2D eigenvalue weighted by Crippen LogP contribution is -2.41. The highest BCUT2D eigenvalue weighted by Crippen LogP contribution is 2.21. The molecule has 0 saturated heterocycles. The molecule has 5 heteroatoms. The molecule has 1 heterocycles. The van der Waals surface area contributed by atoms with E-state index >= 15 is 0 Å². The van der Waals surface area contributed by atoms with Gasteiger partial charge in [-0.3, -0.25) is 4.79 Å². The van der Waals surface area contributed by atoms with Crippen LogP contribution in [0.25, 0.3) is 0 Å². The molecule has 22 heavy (non-hydrogen) atoms. The normalized spacial score (nSPS) is 13.5. The number of carbonyl (C=O) groups is 1. The first-order valence-electron chi connectivity index (χ1n) is 8.01. The first kappa shape index (κ1) is 18.4. The predicted molar refractivity (Wildman–Crippen MR) is 88.2 cm³/mol. The van der Waals surface area contributed by atoms with Crippen LogP contribution in [0.5, 0.6) is 5.88 Å². The van der Waals surface area contributed by atoms with Crippen LogP contribution in [0.3, 0.4) is 0 Å². The molecule has 1 aromatic heterocycles. The Hall–Kier alpha value is -1.62. The molecule has 0 fully saturated rings. The molecular formula is C17H28N2O3. The maximum Gasteiger partial charge on any atom is 0.256 e. The Kier molecular flexibility index (Phi) is 7.88. The Morgan fingerprint density at radius 1 is 1.27 bits per heavy atom. The van der Waals surface area contributed by atoms with E-state index in [-0.39, 0.29) is 5.91 Å². The van der Waals surface area contributed by atoms with Gasteiger partial charge in [-0.2, -0.15) is 0 Å². The highest BCUT2D eigenvalue weighted by molar-refractivity contribution is 5.96. The van der Waals surface area contributed by atoms with Crippen molar-refractivity contribution >= 4 is 11.6 Å². The van der Waals surface area contributed by atoms with E-state index in [0.29, 0.717) is 24.6 Å². The molecule has 1 atom stereocenters. The largest absolute Gasteiger partial charge is 0.478 e. The molecule has 1 aromatic rings. The van der Waals surface area contributed by atoms with Gasteiger partial charge in [0.1, 0.15) is 5.60 Å². The van der Waals surface area contributed by atoms with E-state index in [1.165, 1.54) is 0 Å². The summed E-state index contributed by atoms with van der Waals surface area (Å²) in [6.07, 6.45) is 6.36. The van der Waals surface area contributed by atoms with Crippen LogP contribution in [0.1, 0.15) is 52.9 Å². The zero-order valence-electron chi connectivity index (χ0n) is 14.1. The van der Waals surface area contributed by atoms with Gasteiger partial charge in [0.15, 0.2) is 0 Å². The van der Waals surface area contributed by atoms with Gasteiger partial charge >= 0.3 is 0 Å². The Bertz CT molecular complexity index is 448. The number of nitrogens with zero attached hydrogens (tertiary/aromatic N) is 1. The third-order valence-corrected chi connectivity index (χ3v) is 3.68. The summed E-state index contributed by atoms with van der Waals surface area (Å²) in [7, 11) is 1.57. The van der Waals surface area contributed by atoms with Gasteiger partial charge in [0.2, 0.25) is 5.88 Å². The van der Waals surface area contributed by atoms with Crippen molar-refractivity contribution in [3.63, 3.8) is 0 Å². The molecule has 0 aliphatic heterocycles. The van der Waals surface area contributed by atoms with Crippen molar-refractivity contribution in [1.82, 2.24) is 4.98 Å². The summed E-state index contributed by atoms with van der Waals surface area (Å²) in [5.74, 6) is 0.428. The second-order valence-electron chi connectivity index (χ2n) is 5.58. The molecule has 0 aromatic carbocycles. The van der Waals surface area contributed by atoms with E-state index in [0.717, 1.165) is 25.7 Å². The molecule has 0 bridgehead atoms. The lowest BCUT2D eigenvalue weighted by Gasteiger charge is -2.26. The predicted octanol–water partition coefficient (Wildman–Crippen LogP) is 3.79. The molecule has 124 valence electrons. The third-order valence-electron chi connectivity index (χ3n) is 3.68. The van der Waals surface area contributed by atoms with Crippen LogP contribution in [0, 0.1) is 0 Å². The Morgan fingerprint density at radius 3 is 2.55 bits per heavy atom. The van der Waals surface area contributed by atoms with Gasteiger partial charge in [-0.1, -0.05) is 33.1 Å². The van der Waals surface area contributed by atoms with E-state index in [9.17, 15) is 4.79 Å². The van der Waals surface area contributed by atoms with Gasteiger partial charge in [0.25, 0.3) is 5.91 Å². The Morgan fingerprint density at radius 2 is 2.00 bits per heavy atom. The molecule has 0 saturated carbocycles. The number of methoxy groups -OCH3 is 1. The monoisotopic (exact) mass is 308 g/mol. The minimum absolute atomic E-state index is 0.148. The number of amides is 1. The summed E-state index contributed by atoms with van der Waals surface area (Å²) in [4.78, 5) is 16.6. The Balaban J connectivity index is 2.59. The number of nitrogens with one attached hydrogen (secondary N) is 1. The number of anilines is 1. The zero-order valence-corrected chi connectivity index (χ0v) is 14.1. The fraction of sp³-hybridized carbons (Fsp3) is 0.647. The maximum absolute atomic E-state index is 12.4. The summed E-state index contributed by atoms with van der Waals surface area (Å²) >= 11 is 0.